The SMILES string of the molecule is CC(=O)O[C@H]1[C@@H](OC(=N)C(Cl)(Cl)Cl)O[C@@H]2COC(c3ccccc3)O[C@H]2[C@@H]1O[C@@H]1O[C@@H](C)[C@H](OC(=O)c2ccccc2)[C@@H](OC(=O)c2ccccc2)[C@H]1OC(=O)c1ccccc1. The van der Waals surface area contributed by atoms with Crippen LogP contribution in [0.1, 0.15) is 56.8 Å². The molecule has 1 N–H and O–H groups in total. The van der Waals surface area contributed by atoms with Crippen LogP contribution in [0.25, 0.3) is 0 Å². The monoisotopic (exact) mass is 911 g/mol. The zero-order valence-electron chi connectivity index (χ0n) is 33.0. The van der Waals surface area contributed by atoms with Crippen LogP contribution in [-0.2, 0) is 52.2 Å². The van der Waals surface area contributed by atoms with Crippen molar-refractivity contribution in [1.82, 2.24) is 0 Å². The molecule has 326 valence electrons. The van der Waals surface area contributed by atoms with E-state index >= 15 is 0 Å². The molecule has 15 nitrogen and oxygen atoms in total. The summed E-state index contributed by atoms with van der Waals surface area (Å²) in [6, 6.07) is 33.0. The van der Waals surface area contributed by atoms with Crippen molar-refractivity contribution < 1.29 is 66.5 Å². The van der Waals surface area contributed by atoms with Crippen LogP contribution < -0.4 is 0 Å². The molecule has 1 unspecified atom stereocenters. The second kappa shape index (κ2) is 19.9. The third-order valence-corrected chi connectivity index (χ3v) is 10.4. The molecule has 11 atom stereocenters. The van der Waals surface area contributed by atoms with Crippen molar-refractivity contribution in [3.63, 3.8) is 0 Å². The summed E-state index contributed by atoms with van der Waals surface area (Å²) in [7, 11) is 0. The number of hydrogen-bond donors (Lipinski definition) is 1. The van der Waals surface area contributed by atoms with Crippen LogP contribution in [-0.4, -0.2) is 102 Å². The maximum atomic E-state index is 14.0. The molecule has 18 heteroatoms. The number of halogens is 3. The molecule has 7 rings (SSSR count). The molecule has 4 aromatic rings. The lowest BCUT2D eigenvalue weighted by Crippen LogP contribution is -2.67. The lowest BCUT2D eigenvalue weighted by molar-refractivity contribution is -0.384. The van der Waals surface area contributed by atoms with Gasteiger partial charge in [0.25, 0.3) is 3.79 Å². The molecule has 4 aromatic carbocycles. The van der Waals surface area contributed by atoms with E-state index in [1.807, 2.05) is 6.07 Å². The van der Waals surface area contributed by atoms with Crippen molar-refractivity contribution in [2.24, 2.45) is 0 Å². The van der Waals surface area contributed by atoms with Crippen molar-refractivity contribution in [1.29, 1.82) is 5.41 Å². The number of nitrogens with one attached hydrogen (secondary N) is 1. The van der Waals surface area contributed by atoms with Gasteiger partial charge in [-0.1, -0.05) is 120 Å². The summed E-state index contributed by atoms with van der Waals surface area (Å²) in [6.07, 6.45) is -15.5. The van der Waals surface area contributed by atoms with Gasteiger partial charge < -0.3 is 47.4 Å². The van der Waals surface area contributed by atoms with E-state index in [1.165, 1.54) is 36.4 Å². The van der Waals surface area contributed by atoms with Crippen molar-refractivity contribution in [3.8, 4) is 0 Å². The van der Waals surface area contributed by atoms with E-state index in [0.717, 1.165) is 6.92 Å². The van der Waals surface area contributed by atoms with Gasteiger partial charge in [-0.2, -0.15) is 0 Å². The van der Waals surface area contributed by atoms with Crippen LogP contribution in [0.2, 0.25) is 0 Å². The Morgan fingerprint density at radius 1 is 0.581 bits per heavy atom. The number of fused-ring (bicyclic) bond motifs is 1. The first-order valence-electron chi connectivity index (χ1n) is 19.3. The van der Waals surface area contributed by atoms with Crippen LogP contribution in [0.5, 0.6) is 0 Å². The Kier molecular flexibility index (Phi) is 14.5. The summed E-state index contributed by atoms with van der Waals surface area (Å²) in [5, 5.41) is 8.35. The van der Waals surface area contributed by atoms with Gasteiger partial charge in [0.05, 0.1) is 29.4 Å². The second-order valence-electron chi connectivity index (χ2n) is 14.3. The molecule has 0 bridgehead atoms. The highest BCUT2D eigenvalue weighted by Crippen LogP contribution is 2.41. The number of hydrogen-bond acceptors (Lipinski definition) is 15. The van der Waals surface area contributed by atoms with Crippen LogP contribution in [0.3, 0.4) is 0 Å². The molecule has 0 aliphatic carbocycles. The second-order valence-corrected chi connectivity index (χ2v) is 16.5. The number of rotatable bonds is 11. The number of ether oxygens (including phenoxy) is 10. The predicted octanol–water partition coefficient (Wildman–Crippen LogP) is 6.93. The van der Waals surface area contributed by atoms with Crippen LogP contribution in [0.4, 0.5) is 0 Å². The molecule has 0 aromatic heterocycles. The van der Waals surface area contributed by atoms with Crippen molar-refractivity contribution >= 4 is 64.6 Å². The largest absolute Gasteiger partial charge is 0.453 e. The van der Waals surface area contributed by atoms with Crippen molar-refractivity contribution in [2.45, 2.75) is 85.3 Å². The molecule has 3 saturated heterocycles. The maximum Gasteiger partial charge on any atom is 0.338 e. The molecule has 3 aliphatic rings. The van der Waals surface area contributed by atoms with E-state index < -0.39 is 101 Å². The van der Waals surface area contributed by atoms with Gasteiger partial charge in [-0.15, -0.1) is 0 Å². The van der Waals surface area contributed by atoms with E-state index in [-0.39, 0.29) is 23.3 Å². The van der Waals surface area contributed by atoms with Gasteiger partial charge in [0.2, 0.25) is 12.2 Å². The third kappa shape index (κ3) is 10.7. The molecule has 62 heavy (non-hydrogen) atoms. The van der Waals surface area contributed by atoms with Gasteiger partial charge >= 0.3 is 23.9 Å². The number of carbonyl (C=O) groups is 4. The molecule has 3 heterocycles. The van der Waals surface area contributed by atoms with E-state index in [2.05, 4.69) is 0 Å². The van der Waals surface area contributed by atoms with E-state index in [9.17, 15) is 19.2 Å². The summed E-state index contributed by atoms with van der Waals surface area (Å²) in [5.74, 6) is -4.25. The quantitative estimate of drug-likeness (QED) is 0.0537. The van der Waals surface area contributed by atoms with E-state index in [4.69, 9.17) is 87.6 Å². The topological polar surface area (TPSA) is 184 Å². The highest BCUT2D eigenvalue weighted by Gasteiger charge is 2.58. The molecule has 3 fully saturated rings. The van der Waals surface area contributed by atoms with Gasteiger partial charge in [0.15, 0.2) is 37.0 Å². The predicted molar refractivity (Wildman–Crippen MR) is 219 cm³/mol. The zero-order valence-corrected chi connectivity index (χ0v) is 35.2. The smallest absolute Gasteiger partial charge is 0.338 e. The Morgan fingerprint density at radius 3 is 1.55 bits per heavy atom. The van der Waals surface area contributed by atoms with Gasteiger partial charge in [0, 0.05) is 12.5 Å². The summed E-state index contributed by atoms with van der Waals surface area (Å²) >= 11 is 18.0. The summed E-state index contributed by atoms with van der Waals surface area (Å²) < 4.78 is 59.3. The summed E-state index contributed by atoms with van der Waals surface area (Å²) in [5.41, 5.74) is 1.04. The first-order valence-corrected chi connectivity index (χ1v) is 20.5. The van der Waals surface area contributed by atoms with Crippen molar-refractivity contribution in [3.05, 3.63) is 144 Å². The van der Waals surface area contributed by atoms with Crippen LogP contribution >= 0.6 is 34.8 Å². The molecule has 3 aliphatic heterocycles. The fourth-order valence-electron chi connectivity index (χ4n) is 7.03. The normalized spacial score (nSPS) is 28.3. The molecule has 0 amide bonds. The minimum absolute atomic E-state index is 0.108. The Balaban J connectivity index is 1.31. The number of alkyl halides is 3. The Bertz CT molecular complexity index is 2180. The average molecular weight is 913 g/mol. The minimum atomic E-state index is -2.37. The fourth-order valence-corrected chi connectivity index (χ4v) is 7.17. The molecular weight excluding hydrogens is 873 g/mol. The Hall–Kier alpha value is -5.10. The van der Waals surface area contributed by atoms with Crippen LogP contribution in [0, 0.1) is 5.41 Å². The average Bonchev–Trinajstić information content (AvgIpc) is 3.27. The van der Waals surface area contributed by atoms with Gasteiger partial charge in [0.1, 0.15) is 18.3 Å². The first-order chi connectivity index (χ1) is 29.8. The lowest BCUT2D eigenvalue weighted by atomic mass is 9.95. The standard InChI is InChI=1S/C44H40Cl3NO14/c1-24-31(57-37(50)26-15-7-3-8-16-26)33(58-38(51)27-17-9-4-10-18-27)36(59-39(52)28-19-11-5-12-20-28)41(54-24)61-34-32-30(23-53-40(60-32)29-21-13-6-14-22-29)56-42(35(34)55-25(2)49)62-43(48)44(45,46)47/h3-22,24,30-36,40-42,48H,23H2,1-2H3/t24-,30+,31-,32+,33+,34-,35+,36+,40?,41-,42+/m0/s1. The molecule has 0 spiro atoms. The zero-order chi connectivity index (χ0) is 44.0. The number of esters is 4. The minimum Gasteiger partial charge on any atom is -0.453 e. The molecule has 0 saturated carbocycles. The maximum absolute atomic E-state index is 14.0. The Labute approximate surface area is 370 Å². The van der Waals surface area contributed by atoms with E-state index in [1.54, 1.807) is 85.8 Å². The third-order valence-electron chi connectivity index (χ3n) is 9.93. The highest BCUT2D eigenvalue weighted by molar-refractivity contribution is 6.76. The van der Waals surface area contributed by atoms with E-state index in [0.29, 0.717) is 5.56 Å². The Morgan fingerprint density at radius 2 is 1.05 bits per heavy atom. The lowest BCUT2D eigenvalue weighted by Gasteiger charge is -2.50. The highest BCUT2D eigenvalue weighted by atomic mass is 35.6. The van der Waals surface area contributed by atoms with Crippen molar-refractivity contribution in [2.75, 3.05) is 6.61 Å². The molecular formula is C44H40Cl3NO14. The fraction of sp³-hybridized carbons (Fsp3) is 0.341. The summed E-state index contributed by atoms with van der Waals surface area (Å²) in [6.45, 7) is 2.52. The van der Waals surface area contributed by atoms with Gasteiger partial charge in [-0.3, -0.25) is 10.2 Å². The first kappa shape index (κ1) is 44.9. The van der Waals surface area contributed by atoms with Gasteiger partial charge in [-0.25, -0.2) is 14.4 Å². The number of carbonyl (C=O) groups excluding carboxylic acids is 4. The van der Waals surface area contributed by atoms with Crippen LogP contribution in [0.15, 0.2) is 121 Å². The van der Waals surface area contributed by atoms with Gasteiger partial charge in [-0.05, 0) is 43.3 Å². The molecule has 0 radical (unpaired) electrons. The number of benzene rings is 4. The summed E-state index contributed by atoms with van der Waals surface area (Å²) in [4.78, 5) is 54.4.